The Morgan fingerprint density at radius 2 is 2.30 bits per heavy atom. The molecule has 0 bridgehead atoms. The quantitative estimate of drug-likeness (QED) is 0.682. The molecule has 108 valence electrons. The minimum Gasteiger partial charge on any atom is -0.481 e. The molecule has 0 amide bonds. The fourth-order valence-corrected chi connectivity index (χ4v) is 2.77. The average molecular weight is 299 g/mol. The van der Waals surface area contributed by atoms with Crippen molar-refractivity contribution in [1.82, 2.24) is 0 Å². The zero-order chi connectivity index (χ0) is 14.9. The fourth-order valence-electron chi connectivity index (χ4n) is 2.60. The molecule has 0 aromatic heterocycles. The molecule has 1 aromatic rings. The van der Waals surface area contributed by atoms with Crippen molar-refractivity contribution in [3.8, 4) is 0 Å². The van der Waals surface area contributed by atoms with Crippen LogP contribution in [0.1, 0.15) is 19.8 Å². The van der Waals surface area contributed by atoms with Gasteiger partial charge < -0.3 is 10.0 Å². The highest BCUT2D eigenvalue weighted by Gasteiger charge is 2.44. The van der Waals surface area contributed by atoms with Crippen LogP contribution in [0.25, 0.3) is 0 Å². The number of nitro benzene ring substituents is 1. The van der Waals surface area contributed by atoms with E-state index in [-0.39, 0.29) is 12.2 Å². The molecule has 1 atom stereocenters. The van der Waals surface area contributed by atoms with Crippen molar-refractivity contribution in [1.29, 1.82) is 0 Å². The highest BCUT2D eigenvalue weighted by molar-refractivity contribution is 6.30. The van der Waals surface area contributed by atoms with E-state index in [0.29, 0.717) is 30.1 Å². The number of aliphatic carboxylic acids is 1. The standard InChI is InChI=1S/C13H15ClN2O4/c1-2-13(12(17)18)5-6-15(8-13)10-4-3-9(14)7-11(10)16(19)20/h3-4,7H,2,5-6,8H2,1H3,(H,17,18). The van der Waals surface area contributed by atoms with Crippen LogP contribution in [0.5, 0.6) is 0 Å². The van der Waals surface area contributed by atoms with Crippen LogP contribution in [0, 0.1) is 15.5 Å². The molecule has 0 radical (unpaired) electrons. The maximum atomic E-state index is 11.4. The van der Waals surface area contributed by atoms with Gasteiger partial charge in [-0.15, -0.1) is 0 Å². The number of benzene rings is 1. The van der Waals surface area contributed by atoms with Crippen molar-refractivity contribution in [2.45, 2.75) is 19.8 Å². The van der Waals surface area contributed by atoms with Gasteiger partial charge in [-0.2, -0.15) is 0 Å². The first-order chi connectivity index (χ1) is 9.39. The molecule has 1 saturated heterocycles. The summed E-state index contributed by atoms with van der Waals surface area (Å²) in [6, 6.07) is 4.45. The van der Waals surface area contributed by atoms with Gasteiger partial charge in [0.1, 0.15) is 5.69 Å². The Hall–Kier alpha value is -1.82. The van der Waals surface area contributed by atoms with Crippen molar-refractivity contribution in [3.63, 3.8) is 0 Å². The Morgan fingerprint density at radius 1 is 1.60 bits per heavy atom. The number of rotatable bonds is 4. The molecule has 1 fully saturated rings. The number of nitro groups is 1. The maximum Gasteiger partial charge on any atom is 0.311 e. The number of hydrogen-bond acceptors (Lipinski definition) is 4. The first-order valence-electron chi connectivity index (χ1n) is 6.32. The van der Waals surface area contributed by atoms with Crippen LogP contribution in [-0.4, -0.2) is 29.1 Å². The number of anilines is 1. The number of carboxylic acids is 1. The first kappa shape index (κ1) is 14.6. The SMILES string of the molecule is CCC1(C(=O)O)CCN(c2ccc(Cl)cc2[N+](=O)[O-])C1. The smallest absolute Gasteiger partial charge is 0.311 e. The van der Waals surface area contributed by atoms with Crippen molar-refractivity contribution >= 4 is 28.9 Å². The zero-order valence-electron chi connectivity index (χ0n) is 11.0. The van der Waals surface area contributed by atoms with Crippen LogP contribution in [0.15, 0.2) is 18.2 Å². The lowest BCUT2D eigenvalue weighted by Crippen LogP contribution is -2.34. The molecular weight excluding hydrogens is 284 g/mol. The summed E-state index contributed by atoms with van der Waals surface area (Å²) < 4.78 is 0. The Kier molecular flexibility index (Phi) is 3.85. The summed E-state index contributed by atoms with van der Waals surface area (Å²) in [5, 5.41) is 20.8. The molecular formula is C13H15ClN2O4. The van der Waals surface area contributed by atoms with Crippen LogP contribution in [0.3, 0.4) is 0 Å². The van der Waals surface area contributed by atoms with Gasteiger partial charge in [0.15, 0.2) is 0 Å². The van der Waals surface area contributed by atoms with E-state index in [1.165, 1.54) is 6.07 Å². The molecule has 1 aliphatic heterocycles. The lowest BCUT2D eigenvalue weighted by molar-refractivity contribution is -0.384. The van der Waals surface area contributed by atoms with Gasteiger partial charge in [-0.1, -0.05) is 18.5 Å². The van der Waals surface area contributed by atoms with E-state index in [9.17, 15) is 20.0 Å². The Balaban J connectivity index is 2.35. The van der Waals surface area contributed by atoms with Crippen molar-refractivity contribution < 1.29 is 14.8 Å². The van der Waals surface area contributed by atoms with Gasteiger partial charge in [0.2, 0.25) is 0 Å². The number of nitrogens with zero attached hydrogens (tertiary/aromatic N) is 2. The van der Waals surface area contributed by atoms with Gasteiger partial charge in [0.25, 0.3) is 5.69 Å². The Bertz CT molecular complexity index is 563. The number of halogens is 1. The molecule has 20 heavy (non-hydrogen) atoms. The summed E-state index contributed by atoms with van der Waals surface area (Å²) in [7, 11) is 0. The third-order valence-electron chi connectivity index (χ3n) is 3.96. The van der Waals surface area contributed by atoms with Gasteiger partial charge in [-0.05, 0) is 25.0 Å². The molecule has 0 saturated carbocycles. The number of carbonyl (C=O) groups is 1. The maximum absolute atomic E-state index is 11.4. The predicted octanol–water partition coefficient (Wildman–Crippen LogP) is 2.94. The zero-order valence-corrected chi connectivity index (χ0v) is 11.8. The highest BCUT2D eigenvalue weighted by atomic mass is 35.5. The molecule has 1 aromatic carbocycles. The fraction of sp³-hybridized carbons (Fsp3) is 0.462. The van der Waals surface area contributed by atoms with Crippen molar-refractivity contribution in [2.24, 2.45) is 5.41 Å². The molecule has 1 heterocycles. The minimum absolute atomic E-state index is 0.0882. The van der Waals surface area contributed by atoms with Gasteiger partial charge >= 0.3 is 5.97 Å². The van der Waals surface area contributed by atoms with E-state index < -0.39 is 16.3 Å². The topological polar surface area (TPSA) is 83.7 Å². The summed E-state index contributed by atoms with van der Waals surface area (Å²) in [5.41, 5.74) is -0.487. The van der Waals surface area contributed by atoms with E-state index in [1.807, 2.05) is 6.92 Å². The van der Waals surface area contributed by atoms with E-state index in [1.54, 1.807) is 17.0 Å². The molecule has 7 heteroatoms. The Labute approximate surface area is 121 Å². The van der Waals surface area contributed by atoms with Gasteiger partial charge in [-0.25, -0.2) is 0 Å². The Morgan fingerprint density at radius 3 is 2.80 bits per heavy atom. The lowest BCUT2D eigenvalue weighted by atomic mass is 9.84. The summed E-state index contributed by atoms with van der Waals surface area (Å²) in [5.74, 6) is -0.848. The van der Waals surface area contributed by atoms with Gasteiger partial charge in [-0.3, -0.25) is 14.9 Å². The van der Waals surface area contributed by atoms with Crippen LogP contribution >= 0.6 is 11.6 Å². The second-order valence-corrected chi connectivity index (χ2v) is 5.44. The van der Waals surface area contributed by atoms with E-state index in [4.69, 9.17) is 11.6 Å². The molecule has 1 N–H and O–H groups in total. The third-order valence-corrected chi connectivity index (χ3v) is 4.19. The van der Waals surface area contributed by atoms with Gasteiger partial charge in [0.05, 0.1) is 10.3 Å². The van der Waals surface area contributed by atoms with Crippen LogP contribution < -0.4 is 4.90 Å². The molecule has 0 aliphatic carbocycles. The largest absolute Gasteiger partial charge is 0.481 e. The van der Waals surface area contributed by atoms with Crippen LogP contribution in [-0.2, 0) is 4.79 Å². The molecule has 1 unspecified atom stereocenters. The van der Waals surface area contributed by atoms with E-state index >= 15 is 0 Å². The van der Waals surface area contributed by atoms with Crippen molar-refractivity contribution in [2.75, 3.05) is 18.0 Å². The predicted molar refractivity (Wildman–Crippen MR) is 75.3 cm³/mol. The number of carboxylic acid groups (broad SMARTS) is 1. The normalized spacial score (nSPS) is 22.0. The molecule has 6 nitrogen and oxygen atoms in total. The summed E-state index contributed by atoms with van der Waals surface area (Å²) >= 11 is 5.78. The first-order valence-corrected chi connectivity index (χ1v) is 6.70. The number of hydrogen-bond donors (Lipinski definition) is 1. The summed E-state index contributed by atoms with van der Waals surface area (Å²) in [6.45, 7) is 2.60. The van der Waals surface area contributed by atoms with Gasteiger partial charge in [0, 0.05) is 24.2 Å². The minimum atomic E-state index is -0.848. The third kappa shape index (κ3) is 2.43. The van der Waals surface area contributed by atoms with E-state index in [0.717, 1.165) is 0 Å². The second kappa shape index (κ2) is 5.28. The van der Waals surface area contributed by atoms with Crippen LogP contribution in [0.4, 0.5) is 11.4 Å². The average Bonchev–Trinajstić information content (AvgIpc) is 2.84. The lowest BCUT2D eigenvalue weighted by Gasteiger charge is -2.24. The monoisotopic (exact) mass is 298 g/mol. The molecule has 1 aliphatic rings. The second-order valence-electron chi connectivity index (χ2n) is 5.00. The highest BCUT2D eigenvalue weighted by Crippen LogP contribution is 2.40. The summed E-state index contributed by atoms with van der Waals surface area (Å²) in [4.78, 5) is 23.8. The van der Waals surface area contributed by atoms with Crippen molar-refractivity contribution in [3.05, 3.63) is 33.3 Å². The van der Waals surface area contributed by atoms with Crippen LogP contribution in [0.2, 0.25) is 5.02 Å². The van der Waals surface area contributed by atoms with E-state index in [2.05, 4.69) is 0 Å². The molecule has 0 spiro atoms. The molecule has 2 rings (SSSR count). The summed E-state index contributed by atoms with van der Waals surface area (Å²) in [6.07, 6.45) is 0.985.